The lowest BCUT2D eigenvalue weighted by Gasteiger charge is -2.13. The lowest BCUT2D eigenvalue weighted by Crippen LogP contribution is -2.43. The normalized spacial score (nSPS) is 11.8. The summed E-state index contributed by atoms with van der Waals surface area (Å²) in [6.45, 7) is 1.55. The van der Waals surface area contributed by atoms with E-state index in [0.29, 0.717) is 0 Å². The van der Waals surface area contributed by atoms with Crippen LogP contribution in [-0.2, 0) is 4.79 Å². The number of benzene rings is 1. The van der Waals surface area contributed by atoms with Gasteiger partial charge >= 0.3 is 0 Å². The highest BCUT2D eigenvalue weighted by molar-refractivity contribution is 9.10. The van der Waals surface area contributed by atoms with Crippen LogP contribution in [0.3, 0.4) is 0 Å². The molecular weight excluding hydrogens is 291 g/mol. The number of halogens is 2. The van der Waals surface area contributed by atoms with Gasteiger partial charge < -0.3 is 10.6 Å². The van der Waals surface area contributed by atoms with E-state index in [1.807, 2.05) is 0 Å². The topological polar surface area (TPSA) is 58.2 Å². The molecule has 0 heterocycles. The van der Waals surface area contributed by atoms with Crippen LogP contribution in [0.1, 0.15) is 17.3 Å². The fraction of sp³-hybridized carbons (Fsp3) is 0.273. The molecule has 1 aromatic carbocycles. The van der Waals surface area contributed by atoms with E-state index in [2.05, 4.69) is 26.6 Å². The first-order valence-electron chi connectivity index (χ1n) is 4.93. The molecule has 92 valence electrons. The minimum absolute atomic E-state index is 0.0848. The van der Waals surface area contributed by atoms with Crippen LogP contribution in [0.25, 0.3) is 0 Å². The first kappa shape index (κ1) is 13.6. The molecule has 1 unspecified atom stereocenters. The smallest absolute Gasteiger partial charge is 0.253 e. The van der Waals surface area contributed by atoms with Crippen LogP contribution in [0.4, 0.5) is 4.39 Å². The first-order chi connectivity index (χ1) is 7.97. The van der Waals surface area contributed by atoms with Crippen molar-refractivity contribution in [3.8, 4) is 0 Å². The standard InChI is InChI=1S/C11H12BrFN2O2/c1-6(10(16)14-2)15-11(17)7-4-3-5-8(13)9(7)12/h3-6H,1-2H3,(H,14,16)(H,15,17). The van der Waals surface area contributed by atoms with Crippen LogP contribution in [0, 0.1) is 5.82 Å². The van der Waals surface area contributed by atoms with Gasteiger partial charge in [-0.1, -0.05) is 6.07 Å². The predicted octanol–water partition coefficient (Wildman–Crippen LogP) is 1.45. The number of carbonyl (C=O) groups excluding carboxylic acids is 2. The summed E-state index contributed by atoms with van der Waals surface area (Å²) in [4.78, 5) is 23.0. The molecule has 0 aliphatic rings. The van der Waals surface area contributed by atoms with Gasteiger partial charge in [0.05, 0.1) is 10.0 Å². The Kier molecular flexibility index (Phi) is 4.62. The zero-order chi connectivity index (χ0) is 13.0. The van der Waals surface area contributed by atoms with E-state index in [-0.39, 0.29) is 15.9 Å². The molecular formula is C11H12BrFN2O2. The molecule has 2 N–H and O–H groups in total. The summed E-state index contributed by atoms with van der Waals surface area (Å²) in [6.07, 6.45) is 0. The summed E-state index contributed by atoms with van der Waals surface area (Å²) in [6, 6.07) is 3.46. The van der Waals surface area contributed by atoms with Crippen molar-refractivity contribution in [2.24, 2.45) is 0 Å². The molecule has 0 fully saturated rings. The molecule has 0 aliphatic carbocycles. The minimum Gasteiger partial charge on any atom is -0.357 e. The molecule has 0 aromatic heterocycles. The Morgan fingerprint density at radius 2 is 2.06 bits per heavy atom. The average Bonchev–Trinajstić information content (AvgIpc) is 2.31. The Morgan fingerprint density at radius 3 is 2.65 bits per heavy atom. The van der Waals surface area contributed by atoms with Crippen LogP contribution in [0.2, 0.25) is 0 Å². The highest BCUT2D eigenvalue weighted by Crippen LogP contribution is 2.20. The highest BCUT2D eigenvalue weighted by Gasteiger charge is 2.18. The van der Waals surface area contributed by atoms with Crippen molar-refractivity contribution in [1.82, 2.24) is 10.6 Å². The van der Waals surface area contributed by atoms with E-state index < -0.39 is 17.8 Å². The number of hydrogen-bond donors (Lipinski definition) is 2. The van der Waals surface area contributed by atoms with Crippen molar-refractivity contribution in [1.29, 1.82) is 0 Å². The van der Waals surface area contributed by atoms with Crippen molar-refractivity contribution >= 4 is 27.7 Å². The number of likely N-dealkylation sites (N-methyl/N-ethyl adjacent to an activating group) is 1. The molecule has 6 heteroatoms. The maximum absolute atomic E-state index is 13.2. The molecule has 0 saturated carbocycles. The van der Waals surface area contributed by atoms with E-state index in [1.54, 1.807) is 6.92 Å². The van der Waals surface area contributed by atoms with Crippen molar-refractivity contribution < 1.29 is 14.0 Å². The van der Waals surface area contributed by atoms with Gasteiger partial charge in [0.1, 0.15) is 11.9 Å². The molecule has 0 spiro atoms. The van der Waals surface area contributed by atoms with Gasteiger partial charge in [0.25, 0.3) is 5.91 Å². The Labute approximate surface area is 107 Å². The third-order valence-electron chi connectivity index (χ3n) is 2.18. The van der Waals surface area contributed by atoms with E-state index in [4.69, 9.17) is 0 Å². The number of hydrogen-bond acceptors (Lipinski definition) is 2. The lowest BCUT2D eigenvalue weighted by molar-refractivity contribution is -0.122. The minimum atomic E-state index is -0.678. The fourth-order valence-corrected chi connectivity index (χ4v) is 1.68. The number of nitrogens with one attached hydrogen (secondary N) is 2. The van der Waals surface area contributed by atoms with Crippen LogP contribution >= 0.6 is 15.9 Å². The molecule has 4 nitrogen and oxygen atoms in total. The predicted molar refractivity (Wildman–Crippen MR) is 65.1 cm³/mol. The molecule has 0 aliphatic heterocycles. The summed E-state index contributed by atoms with van der Waals surface area (Å²) >= 11 is 2.99. The summed E-state index contributed by atoms with van der Waals surface area (Å²) in [7, 11) is 1.48. The van der Waals surface area contributed by atoms with Crippen molar-refractivity contribution in [2.45, 2.75) is 13.0 Å². The Balaban J connectivity index is 2.84. The van der Waals surface area contributed by atoms with Gasteiger partial charge in [-0.25, -0.2) is 4.39 Å². The highest BCUT2D eigenvalue weighted by atomic mass is 79.9. The maximum Gasteiger partial charge on any atom is 0.253 e. The van der Waals surface area contributed by atoms with E-state index in [9.17, 15) is 14.0 Å². The van der Waals surface area contributed by atoms with Crippen LogP contribution in [-0.4, -0.2) is 24.9 Å². The number of rotatable bonds is 3. The Hall–Kier alpha value is -1.43. The van der Waals surface area contributed by atoms with Crippen LogP contribution in [0.5, 0.6) is 0 Å². The molecule has 1 aromatic rings. The summed E-state index contributed by atoms with van der Waals surface area (Å²) in [5.41, 5.74) is 0.153. The van der Waals surface area contributed by atoms with Gasteiger partial charge in [-0.2, -0.15) is 0 Å². The third-order valence-corrected chi connectivity index (χ3v) is 2.99. The molecule has 2 amide bonds. The molecule has 0 saturated heterocycles. The Morgan fingerprint density at radius 1 is 1.41 bits per heavy atom. The fourth-order valence-electron chi connectivity index (χ4n) is 1.24. The van der Waals surface area contributed by atoms with Crippen molar-refractivity contribution in [3.63, 3.8) is 0 Å². The molecule has 1 atom stereocenters. The third kappa shape index (κ3) is 3.26. The van der Waals surface area contributed by atoms with Gasteiger partial charge in [0.2, 0.25) is 5.91 Å². The number of amides is 2. The lowest BCUT2D eigenvalue weighted by atomic mass is 10.2. The van der Waals surface area contributed by atoms with Crippen LogP contribution in [0.15, 0.2) is 22.7 Å². The average molecular weight is 303 g/mol. The Bertz CT molecular complexity index is 451. The van der Waals surface area contributed by atoms with Crippen molar-refractivity contribution in [2.75, 3.05) is 7.05 Å². The van der Waals surface area contributed by atoms with E-state index in [0.717, 1.165) is 0 Å². The van der Waals surface area contributed by atoms with Gasteiger partial charge in [-0.05, 0) is 35.0 Å². The second-order valence-electron chi connectivity index (χ2n) is 3.41. The summed E-state index contributed by atoms with van der Waals surface area (Å²) in [5, 5.41) is 4.88. The second kappa shape index (κ2) is 5.77. The summed E-state index contributed by atoms with van der Waals surface area (Å²) < 4.78 is 13.3. The molecule has 0 bridgehead atoms. The SMILES string of the molecule is CNC(=O)C(C)NC(=O)c1cccc(F)c1Br. The first-order valence-corrected chi connectivity index (χ1v) is 5.73. The van der Waals surface area contributed by atoms with Gasteiger partial charge in [0.15, 0.2) is 0 Å². The molecule has 1 rings (SSSR count). The second-order valence-corrected chi connectivity index (χ2v) is 4.20. The quantitative estimate of drug-likeness (QED) is 0.888. The molecule has 0 radical (unpaired) electrons. The van der Waals surface area contributed by atoms with Gasteiger partial charge in [-0.3, -0.25) is 9.59 Å². The maximum atomic E-state index is 13.2. The zero-order valence-corrected chi connectivity index (χ0v) is 11.0. The van der Waals surface area contributed by atoms with Gasteiger partial charge in [-0.15, -0.1) is 0 Å². The largest absolute Gasteiger partial charge is 0.357 e. The van der Waals surface area contributed by atoms with Gasteiger partial charge in [0, 0.05) is 7.05 Å². The summed E-state index contributed by atoms with van der Waals surface area (Å²) in [5.74, 6) is -1.34. The van der Waals surface area contributed by atoms with E-state index >= 15 is 0 Å². The molecule has 17 heavy (non-hydrogen) atoms. The van der Waals surface area contributed by atoms with E-state index in [1.165, 1.54) is 25.2 Å². The van der Waals surface area contributed by atoms with Crippen molar-refractivity contribution in [3.05, 3.63) is 34.1 Å². The zero-order valence-electron chi connectivity index (χ0n) is 9.38. The number of carbonyl (C=O) groups is 2. The van der Waals surface area contributed by atoms with Crippen LogP contribution < -0.4 is 10.6 Å². The monoisotopic (exact) mass is 302 g/mol.